The van der Waals surface area contributed by atoms with E-state index in [9.17, 15) is 0 Å². The molecule has 0 atom stereocenters. The molecule has 1 saturated heterocycles. The van der Waals surface area contributed by atoms with Crippen molar-refractivity contribution in [2.24, 2.45) is 0 Å². The summed E-state index contributed by atoms with van der Waals surface area (Å²) in [5.74, 6) is 1.19. The van der Waals surface area contributed by atoms with Crippen LogP contribution in [-0.4, -0.2) is 35.0 Å². The normalized spacial score (nSPS) is 18.7. The van der Waals surface area contributed by atoms with Crippen molar-refractivity contribution in [2.75, 3.05) is 13.1 Å². The van der Waals surface area contributed by atoms with Gasteiger partial charge in [0.05, 0.1) is 5.82 Å². The molecule has 0 N–H and O–H groups in total. The molecule has 1 heterocycles. The zero-order chi connectivity index (χ0) is 9.30. The SMILES string of the molecule is C=C1N(C(C)C)CCN1C(C)C. The predicted octanol–water partition coefficient (Wildman–Crippen LogP) is 1.89. The van der Waals surface area contributed by atoms with E-state index >= 15 is 0 Å². The first-order valence-electron chi connectivity index (χ1n) is 4.76. The average Bonchev–Trinajstić information content (AvgIpc) is 2.30. The second kappa shape index (κ2) is 3.38. The van der Waals surface area contributed by atoms with Gasteiger partial charge in [-0.25, -0.2) is 0 Å². The lowest BCUT2D eigenvalue weighted by Gasteiger charge is -2.29. The van der Waals surface area contributed by atoms with Crippen molar-refractivity contribution in [1.29, 1.82) is 0 Å². The molecule has 1 aliphatic rings. The van der Waals surface area contributed by atoms with E-state index in [1.165, 1.54) is 5.82 Å². The highest BCUT2D eigenvalue weighted by atomic mass is 15.4. The number of nitrogens with zero attached hydrogens (tertiary/aromatic N) is 2. The third kappa shape index (κ3) is 1.57. The van der Waals surface area contributed by atoms with Gasteiger partial charge in [0.25, 0.3) is 0 Å². The van der Waals surface area contributed by atoms with Crippen LogP contribution in [0.3, 0.4) is 0 Å². The van der Waals surface area contributed by atoms with E-state index in [2.05, 4.69) is 44.1 Å². The average molecular weight is 168 g/mol. The number of hydrogen-bond donors (Lipinski definition) is 0. The van der Waals surface area contributed by atoms with Crippen LogP contribution >= 0.6 is 0 Å². The Morgan fingerprint density at radius 3 is 1.50 bits per heavy atom. The van der Waals surface area contributed by atoms with Crippen LogP contribution < -0.4 is 0 Å². The van der Waals surface area contributed by atoms with E-state index < -0.39 is 0 Å². The molecule has 0 unspecified atom stereocenters. The first-order chi connectivity index (χ1) is 5.54. The van der Waals surface area contributed by atoms with Gasteiger partial charge < -0.3 is 9.80 Å². The monoisotopic (exact) mass is 168 g/mol. The fourth-order valence-corrected chi connectivity index (χ4v) is 1.75. The van der Waals surface area contributed by atoms with E-state index in [-0.39, 0.29) is 0 Å². The summed E-state index contributed by atoms with van der Waals surface area (Å²) in [7, 11) is 0. The van der Waals surface area contributed by atoms with Crippen molar-refractivity contribution in [1.82, 2.24) is 9.80 Å². The minimum Gasteiger partial charge on any atom is -0.355 e. The smallest absolute Gasteiger partial charge is 0.0970 e. The Balaban J connectivity index is 2.61. The largest absolute Gasteiger partial charge is 0.355 e. The van der Waals surface area contributed by atoms with E-state index in [1.807, 2.05) is 0 Å². The Bertz CT molecular complexity index is 155. The van der Waals surface area contributed by atoms with Gasteiger partial charge in [-0.05, 0) is 27.7 Å². The van der Waals surface area contributed by atoms with Crippen LogP contribution in [0, 0.1) is 0 Å². The first kappa shape index (κ1) is 9.43. The van der Waals surface area contributed by atoms with Gasteiger partial charge in [-0.2, -0.15) is 0 Å². The maximum atomic E-state index is 4.11. The lowest BCUT2D eigenvalue weighted by Crippen LogP contribution is -2.30. The topological polar surface area (TPSA) is 6.48 Å². The summed E-state index contributed by atoms with van der Waals surface area (Å²) in [6, 6.07) is 1.17. The van der Waals surface area contributed by atoms with Gasteiger partial charge in [-0.3, -0.25) is 0 Å². The van der Waals surface area contributed by atoms with E-state index in [0.29, 0.717) is 12.1 Å². The molecule has 1 fully saturated rings. The molecule has 1 rings (SSSR count). The summed E-state index contributed by atoms with van der Waals surface area (Å²) < 4.78 is 0. The molecule has 2 heteroatoms. The Morgan fingerprint density at radius 1 is 1.00 bits per heavy atom. The summed E-state index contributed by atoms with van der Waals surface area (Å²) >= 11 is 0. The van der Waals surface area contributed by atoms with Crippen LogP contribution in [0.4, 0.5) is 0 Å². The van der Waals surface area contributed by atoms with Gasteiger partial charge in [0.2, 0.25) is 0 Å². The molecule has 0 aromatic carbocycles. The van der Waals surface area contributed by atoms with Crippen molar-refractivity contribution >= 4 is 0 Å². The summed E-state index contributed by atoms with van der Waals surface area (Å²) in [6.07, 6.45) is 0. The molecule has 0 bridgehead atoms. The highest BCUT2D eigenvalue weighted by Crippen LogP contribution is 2.21. The number of rotatable bonds is 2. The maximum Gasteiger partial charge on any atom is 0.0970 e. The molecule has 0 aliphatic carbocycles. The molecular formula is C10H20N2. The molecule has 0 spiro atoms. The van der Waals surface area contributed by atoms with Crippen LogP contribution in [0.5, 0.6) is 0 Å². The van der Waals surface area contributed by atoms with Gasteiger partial charge in [0, 0.05) is 25.2 Å². The molecule has 1 aliphatic heterocycles. The minimum atomic E-state index is 0.584. The van der Waals surface area contributed by atoms with Crippen LogP contribution in [0.15, 0.2) is 12.4 Å². The summed E-state index contributed by atoms with van der Waals surface area (Å²) in [6.45, 7) is 15.2. The van der Waals surface area contributed by atoms with Gasteiger partial charge in [-0.1, -0.05) is 6.58 Å². The second-order valence-corrected chi connectivity index (χ2v) is 3.99. The Hall–Kier alpha value is -0.660. The van der Waals surface area contributed by atoms with Crippen molar-refractivity contribution in [3.05, 3.63) is 12.4 Å². The fourth-order valence-electron chi connectivity index (χ4n) is 1.75. The third-order valence-electron chi connectivity index (χ3n) is 2.49. The van der Waals surface area contributed by atoms with Crippen LogP contribution in [0.1, 0.15) is 27.7 Å². The number of hydrogen-bond acceptors (Lipinski definition) is 2. The van der Waals surface area contributed by atoms with Crippen molar-refractivity contribution in [3.63, 3.8) is 0 Å². The van der Waals surface area contributed by atoms with Gasteiger partial charge >= 0.3 is 0 Å². The molecule has 0 aromatic heterocycles. The third-order valence-corrected chi connectivity index (χ3v) is 2.49. The molecule has 70 valence electrons. The highest BCUT2D eigenvalue weighted by Gasteiger charge is 2.25. The summed E-state index contributed by atoms with van der Waals surface area (Å²) in [5, 5.41) is 0. The first-order valence-corrected chi connectivity index (χ1v) is 4.76. The standard InChI is InChI=1S/C10H20N2/c1-8(2)11-6-7-12(9(3)4)10(11)5/h8-9H,5-7H2,1-4H3. The minimum absolute atomic E-state index is 0.584. The Kier molecular flexibility index (Phi) is 2.65. The van der Waals surface area contributed by atoms with Crippen molar-refractivity contribution in [3.8, 4) is 0 Å². The van der Waals surface area contributed by atoms with E-state index in [0.717, 1.165) is 13.1 Å². The molecule has 2 nitrogen and oxygen atoms in total. The van der Waals surface area contributed by atoms with E-state index in [4.69, 9.17) is 0 Å². The van der Waals surface area contributed by atoms with Crippen LogP contribution in [-0.2, 0) is 0 Å². The van der Waals surface area contributed by atoms with Gasteiger partial charge in [0.1, 0.15) is 0 Å². The van der Waals surface area contributed by atoms with Crippen molar-refractivity contribution in [2.45, 2.75) is 39.8 Å². The Labute approximate surface area is 75.8 Å². The molecule has 0 amide bonds. The molecule has 0 radical (unpaired) electrons. The lowest BCUT2D eigenvalue weighted by molar-refractivity contribution is 0.269. The van der Waals surface area contributed by atoms with Crippen LogP contribution in [0.25, 0.3) is 0 Å². The predicted molar refractivity (Wildman–Crippen MR) is 52.8 cm³/mol. The second-order valence-electron chi connectivity index (χ2n) is 3.99. The zero-order valence-corrected chi connectivity index (χ0v) is 8.67. The highest BCUT2D eigenvalue weighted by molar-refractivity contribution is 5.02. The quantitative estimate of drug-likeness (QED) is 0.621. The lowest BCUT2D eigenvalue weighted by atomic mass is 10.3. The van der Waals surface area contributed by atoms with Crippen molar-refractivity contribution < 1.29 is 0 Å². The van der Waals surface area contributed by atoms with Gasteiger partial charge in [-0.15, -0.1) is 0 Å². The molecule has 0 saturated carbocycles. The molecular weight excluding hydrogens is 148 g/mol. The van der Waals surface area contributed by atoms with E-state index in [1.54, 1.807) is 0 Å². The zero-order valence-electron chi connectivity index (χ0n) is 8.67. The fraction of sp³-hybridized carbons (Fsp3) is 0.800. The Morgan fingerprint density at radius 2 is 1.33 bits per heavy atom. The summed E-state index contributed by atoms with van der Waals surface area (Å²) in [5.41, 5.74) is 0. The van der Waals surface area contributed by atoms with Crippen LogP contribution in [0.2, 0.25) is 0 Å². The molecule has 0 aromatic rings. The summed E-state index contributed by atoms with van der Waals surface area (Å²) in [4.78, 5) is 4.72. The van der Waals surface area contributed by atoms with Gasteiger partial charge in [0.15, 0.2) is 0 Å². The maximum absolute atomic E-state index is 4.11. The molecule has 12 heavy (non-hydrogen) atoms.